The largest absolute Gasteiger partial charge is 0.508 e. The average Bonchev–Trinajstić information content (AvgIpc) is 2.81. The molecule has 3 nitrogen and oxygen atoms in total. The number of hydrogen-bond donors (Lipinski definition) is 2. The Balaban J connectivity index is 2.00. The van der Waals surface area contributed by atoms with Crippen LogP contribution in [0.15, 0.2) is 42.5 Å². The van der Waals surface area contributed by atoms with E-state index in [4.69, 9.17) is 4.74 Å². The van der Waals surface area contributed by atoms with E-state index in [1.807, 2.05) is 18.2 Å². The number of fused-ring (bicyclic) bond motifs is 1. The maximum absolute atomic E-state index is 9.56. The van der Waals surface area contributed by atoms with E-state index >= 15 is 0 Å². The highest BCUT2D eigenvalue weighted by Gasteiger charge is 2.23. The van der Waals surface area contributed by atoms with Gasteiger partial charge in [-0.25, -0.2) is 0 Å². The standard InChI is InChI=1S/C15H15NO2/c1-18-13-5-6-14-11(8-13)9-16-15(14)10-3-2-4-12(17)7-10/h2-8,15-17H,9H2,1H3. The average molecular weight is 241 g/mol. The molecule has 2 aromatic rings. The Morgan fingerprint density at radius 1 is 1.22 bits per heavy atom. The van der Waals surface area contributed by atoms with E-state index in [1.165, 1.54) is 11.1 Å². The molecule has 2 aromatic carbocycles. The third-order valence-electron chi connectivity index (χ3n) is 3.36. The summed E-state index contributed by atoms with van der Waals surface area (Å²) in [5, 5.41) is 13.0. The lowest BCUT2D eigenvalue weighted by atomic mass is 9.98. The summed E-state index contributed by atoms with van der Waals surface area (Å²) in [7, 11) is 1.68. The first-order valence-electron chi connectivity index (χ1n) is 5.97. The van der Waals surface area contributed by atoms with Crippen LogP contribution < -0.4 is 10.1 Å². The molecule has 0 fully saturated rings. The monoisotopic (exact) mass is 241 g/mol. The molecule has 0 amide bonds. The molecule has 1 aliphatic rings. The van der Waals surface area contributed by atoms with E-state index in [9.17, 15) is 5.11 Å². The molecule has 18 heavy (non-hydrogen) atoms. The minimum atomic E-state index is 0.151. The Labute approximate surface area is 106 Å². The number of ether oxygens (including phenoxy) is 1. The zero-order valence-electron chi connectivity index (χ0n) is 10.2. The summed E-state index contributed by atoms with van der Waals surface area (Å²) in [4.78, 5) is 0. The summed E-state index contributed by atoms with van der Waals surface area (Å²) < 4.78 is 5.23. The molecule has 3 heteroatoms. The van der Waals surface area contributed by atoms with Crippen molar-refractivity contribution in [1.82, 2.24) is 5.32 Å². The molecule has 0 bridgehead atoms. The first kappa shape index (κ1) is 11.1. The van der Waals surface area contributed by atoms with Crippen LogP contribution in [0.3, 0.4) is 0 Å². The first-order valence-corrected chi connectivity index (χ1v) is 5.97. The quantitative estimate of drug-likeness (QED) is 0.849. The molecule has 0 aromatic heterocycles. The Hall–Kier alpha value is -2.00. The lowest BCUT2D eigenvalue weighted by molar-refractivity contribution is 0.414. The number of phenolic OH excluding ortho intramolecular Hbond substituents is 1. The van der Waals surface area contributed by atoms with Gasteiger partial charge < -0.3 is 15.2 Å². The van der Waals surface area contributed by atoms with Gasteiger partial charge in [0, 0.05) is 6.54 Å². The fraction of sp³-hybridized carbons (Fsp3) is 0.200. The van der Waals surface area contributed by atoms with E-state index in [-0.39, 0.29) is 6.04 Å². The predicted octanol–water partition coefficient (Wildman–Crippen LogP) is 2.59. The molecule has 0 spiro atoms. The zero-order chi connectivity index (χ0) is 12.5. The van der Waals surface area contributed by atoms with E-state index in [0.29, 0.717) is 5.75 Å². The van der Waals surface area contributed by atoms with Gasteiger partial charge >= 0.3 is 0 Å². The fourth-order valence-corrected chi connectivity index (χ4v) is 2.47. The molecule has 0 saturated heterocycles. The van der Waals surface area contributed by atoms with E-state index in [0.717, 1.165) is 17.9 Å². The number of nitrogens with one attached hydrogen (secondary N) is 1. The Bertz CT molecular complexity index is 580. The molecular formula is C15H15NO2. The second-order valence-corrected chi connectivity index (χ2v) is 4.47. The zero-order valence-corrected chi connectivity index (χ0v) is 10.2. The molecular weight excluding hydrogens is 226 g/mol. The molecule has 1 unspecified atom stereocenters. The number of rotatable bonds is 2. The van der Waals surface area contributed by atoms with Crippen LogP contribution >= 0.6 is 0 Å². The summed E-state index contributed by atoms with van der Waals surface area (Å²) in [6, 6.07) is 13.7. The Morgan fingerprint density at radius 2 is 2.11 bits per heavy atom. The van der Waals surface area contributed by atoms with Gasteiger partial charge in [0.25, 0.3) is 0 Å². The SMILES string of the molecule is COc1ccc2c(c1)CNC2c1cccc(O)c1. The van der Waals surface area contributed by atoms with Crippen molar-refractivity contribution in [2.45, 2.75) is 12.6 Å². The van der Waals surface area contributed by atoms with Gasteiger partial charge in [0.2, 0.25) is 0 Å². The van der Waals surface area contributed by atoms with Crippen molar-refractivity contribution in [2.24, 2.45) is 0 Å². The number of phenols is 1. The lowest BCUT2D eigenvalue weighted by Gasteiger charge is -2.13. The summed E-state index contributed by atoms with van der Waals surface area (Å²) in [6.45, 7) is 0.826. The number of methoxy groups -OCH3 is 1. The molecule has 3 rings (SSSR count). The van der Waals surface area contributed by atoms with Crippen molar-refractivity contribution in [1.29, 1.82) is 0 Å². The van der Waals surface area contributed by atoms with Gasteiger partial charge in [-0.1, -0.05) is 18.2 Å². The van der Waals surface area contributed by atoms with Gasteiger partial charge in [0.1, 0.15) is 11.5 Å². The number of aromatic hydroxyl groups is 1. The molecule has 92 valence electrons. The Kier molecular flexibility index (Phi) is 2.68. The van der Waals surface area contributed by atoms with Gasteiger partial charge in [-0.3, -0.25) is 0 Å². The predicted molar refractivity (Wildman–Crippen MR) is 69.8 cm³/mol. The summed E-state index contributed by atoms with van der Waals surface area (Å²) >= 11 is 0. The van der Waals surface area contributed by atoms with Crippen LogP contribution in [0.25, 0.3) is 0 Å². The van der Waals surface area contributed by atoms with Gasteiger partial charge in [0.15, 0.2) is 0 Å². The highest BCUT2D eigenvalue weighted by molar-refractivity contribution is 5.45. The lowest BCUT2D eigenvalue weighted by Crippen LogP contribution is -2.12. The van der Waals surface area contributed by atoms with Gasteiger partial charge in [0.05, 0.1) is 13.2 Å². The normalized spacial score (nSPS) is 17.5. The second kappa shape index (κ2) is 4.35. The highest BCUT2D eigenvalue weighted by atomic mass is 16.5. The third kappa shape index (κ3) is 1.83. The van der Waals surface area contributed by atoms with Crippen molar-refractivity contribution in [3.63, 3.8) is 0 Å². The smallest absolute Gasteiger partial charge is 0.119 e. The second-order valence-electron chi connectivity index (χ2n) is 4.47. The summed E-state index contributed by atoms with van der Waals surface area (Å²) in [5.41, 5.74) is 3.59. The van der Waals surface area contributed by atoms with Crippen LogP contribution in [0.2, 0.25) is 0 Å². The van der Waals surface area contributed by atoms with Crippen molar-refractivity contribution >= 4 is 0 Å². The minimum Gasteiger partial charge on any atom is -0.508 e. The van der Waals surface area contributed by atoms with Crippen LogP contribution in [-0.2, 0) is 6.54 Å². The van der Waals surface area contributed by atoms with Crippen molar-refractivity contribution in [2.75, 3.05) is 7.11 Å². The molecule has 0 saturated carbocycles. The molecule has 2 N–H and O–H groups in total. The molecule has 1 heterocycles. The maximum atomic E-state index is 9.56. The minimum absolute atomic E-state index is 0.151. The fourth-order valence-electron chi connectivity index (χ4n) is 2.47. The van der Waals surface area contributed by atoms with Crippen LogP contribution in [0, 0.1) is 0 Å². The topological polar surface area (TPSA) is 41.5 Å². The van der Waals surface area contributed by atoms with Gasteiger partial charge in [-0.2, -0.15) is 0 Å². The van der Waals surface area contributed by atoms with Crippen molar-refractivity contribution in [3.8, 4) is 11.5 Å². The van der Waals surface area contributed by atoms with Gasteiger partial charge in [-0.15, -0.1) is 0 Å². The third-order valence-corrected chi connectivity index (χ3v) is 3.36. The van der Waals surface area contributed by atoms with Crippen LogP contribution in [0.1, 0.15) is 22.7 Å². The first-order chi connectivity index (χ1) is 8.78. The number of benzene rings is 2. The molecule has 0 radical (unpaired) electrons. The summed E-state index contributed by atoms with van der Waals surface area (Å²) in [6.07, 6.45) is 0. The Morgan fingerprint density at radius 3 is 2.89 bits per heavy atom. The van der Waals surface area contributed by atoms with Crippen LogP contribution in [-0.4, -0.2) is 12.2 Å². The van der Waals surface area contributed by atoms with Crippen molar-refractivity contribution < 1.29 is 9.84 Å². The van der Waals surface area contributed by atoms with E-state index in [1.54, 1.807) is 19.2 Å². The highest BCUT2D eigenvalue weighted by Crippen LogP contribution is 2.33. The maximum Gasteiger partial charge on any atom is 0.119 e. The summed E-state index contributed by atoms with van der Waals surface area (Å²) in [5.74, 6) is 1.18. The van der Waals surface area contributed by atoms with Crippen molar-refractivity contribution in [3.05, 3.63) is 59.2 Å². The molecule has 0 aliphatic carbocycles. The van der Waals surface area contributed by atoms with E-state index < -0.39 is 0 Å². The van der Waals surface area contributed by atoms with Gasteiger partial charge in [-0.05, 0) is 41.0 Å². The molecule has 1 atom stereocenters. The molecule has 1 aliphatic heterocycles. The number of hydrogen-bond acceptors (Lipinski definition) is 3. The van der Waals surface area contributed by atoms with Crippen LogP contribution in [0.5, 0.6) is 11.5 Å². The van der Waals surface area contributed by atoms with E-state index in [2.05, 4.69) is 17.4 Å². The van der Waals surface area contributed by atoms with Crippen LogP contribution in [0.4, 0.5) is 0 Å².